The van der Waals surface area contributed by atoms with Gasteiger partial charge in [-0.05, 0) is 17.7 Å². The first kappa shape index (κ1) is 16.0. The third-order valence-corrected chi connectivity index (χ3v) is 2.99. The molecule has 0 unspecified atom stereocenters. The van der Waals surface area contributed by atoms with Crippen LogP contribution in [0.3, 0.4) is 0 Å². The van der Waals surface area contributed by atoms with E-state index in [9.17, 15) is 29.7 Å². The monoisotopic (exact) mass is 319 g/mol. The van der Waals surface area contributed by atoms with E-state index < -0.39 is 29.1 Å². The molecule has 1 heterocycles. The molecule has 0 aliphatic rings. The van der Waals surface area contributed by atoms with Gasteiger partial charge in [0.25, 0.3) is 5.56 Å². The number of aliphatic carboxylic acids is 1. The molecule has 0 aliphatic carbocycles. The van der Waals surface area contributed by atoms with Crippen LogP contribution in [0.25, 0.3) is 0 Å². The number of carbonyl (C=O) groups is 1. The first-order valence-electron chi connectivity index (χ1n) is 6.46. The lowest BCUT2D eigenvalue weighted by molar-refractivity contribution is -0.138. The minimum atomic E-state index is -1.23. The average molecular weight is 319 g/mol. The van der Waals surface area contributed by atoms with Gasteiger partial charge in [0.15, 0.2) is 6.04 Å². The van der Waals surface area contributed by atoms with E-state index >= 15 is 0 Å². The molecule has 1 aromatic heterocycles. The quantitative estimate of drug-likeness (QED) is 0.472. The maximum atomic E-state index is 11.5. The molecule has 5 N–H and O–H groups in total. The van der Waals surface area contributed by atoms with Crippen LogP contribution in [0.5, 0.6) is 11.6 Å². The average Bonchev–Trinajstić information content (AvgIpc) is 2.46. The van der Waals surface area contributed by atoms with Gasteiger partial charge in [-0.15, -0.1) is 0 Å². The number of H-pyrrole nitrogens is 2. The molecule has 23 heavy (non-hydrogen) atoms. The van der Waals surface area contributed by atoms with Gasteiger partial charge in [-0.3, -0.25) is 19.8 Å². The summed E-state index contributed by atoms with van der Waals surface area (Å²) in [5.41, 5.74) is -1.50. The van der Waals surface area contributed by atoms with E-state index in [4.69, 9.17) is 0 Å². The van der Waals surface area contributed by atoms with Crippen molar-refractivity contribution in [3.63, 3.8) is 0 Å². The number of phenolic OH excluding ortho intramolecular Hbond substituents is 1. The maximum absolute atomic E-state index is 11.5. The van der Waals surface area contributed by atoms with Crippen LogP contribution in [0, 0.1) is 0 Å². The molecule has 9 nitrogen and oxygen atoms in total. The van der Waals surface area contributed by atoms with Crippen molar-refractivity contribution in [2.45, 2.75) is 12.5 Å². The lowest BCUT2D eigenvalue weighted by atomic mass is 10.1. The number of nitrogens with one attached hydrogen (secondary N) is 2. The van der Waals surface area contributed by atoms with Crippen LogP contribution in [0.2, 0.25) is 0 Å². The van der Waals surface area contributed by atoms with Gasteiger partial charge >= 0.3 is 11.7 Å². The van der Waals surface area contributed by atoms with Crippen LogP contribution in [-0.4, -0.2) is 43.5 Å². The topological polar surface area (TPSA) is 156 Å². The van der Waals surface area contributed by atoms with Crippen molar-refractivity contribution in [3.8, 4) is 11.6 Å². The molecule has 9 heteroatoms. The van der Waals surface area contributed by atoms with Gasteiger partial charge in [0, 0.05) is 12.6 Å². The molecular formula is C14H13N3O6. The van der Waals surface area contributed by atoms with Crippen molar-refractivity contribution >= 4 is 12.2 Å². The van der Waals surface area contributed by atoms with Gasteiger partial charge in [-0.2, -0.15) is 0 Å². The number of aromatic hydroxyl groups is 2. The number of aromatic nitrogens is 2. The lowest BCUT2D eigenvalue weighted by Gasteiger charge is -2.07. The fourth-order valence-electron chi connectivity index (χ4n) is 1.83. The molecule has 1 aromatic carbocycles. The highest BCUT2D eigenvalue weighted by molar-refractivity contribution is 5.85. The third kappa shape index (κ3) is 4.06. The molecule has 2 rings (SSSR count). The van der Waals surface area contributed by atoms with Gasteiger partial charge < -0.3 is 15.3 Å². The second-order valence-corrected chi connectivity index (χ2v) is 4.67. The predicted octanol–water partition coefficient (Wildman–Crippen LogP) is -0.411. The van der Waals surface area contributed by atoms with Crippen LogP contribution >= 0.6 is 0 Å². The SMILES string of the molecule is O=C(O)[C@@H](Cc1ccc(O)cc1)N=Cc1c(O)[nH]c(=O)[nH]c1=O. The number of hydrogen-bond donors (Lipinski definition) is 5. The zero-order valence-corrected chi connectivity index (χ0v) is 11.7. The van der Waals surface area contributed by atoms with Gasteiger partial charge in [-0.1, -0.05) is 12.1 Å². The fraction of sp³-hybridized carbons (Fsp3) is 0.143. The van der Waals surface area contributed by atoms with Crippen LogP contribution in [0.1, 0.15) is 11.1 Å². The summed E-state index contributed by atoms with van der Waals surface area (Å²) in [5.74, 6) is -1.88. The molecule has 0 aliphatic heterocycles. The Morgan fingerprint density at radius 3 is 2.39 bits per heavy atom. The van der Waals surface area contributed by atoms with E-state index in [0.717, 1.165) is 6.21 Å². The van der Waals surface area contributed by atoms with E-state index in [1.54, 1.807) is 12.1 Å². The normalized spacial score (nSPS) is 12.3. The van der Waals surface area contributed by atoms with Crippen molar-refractivity contribution < 1.29 is 20.1 Å². The Balaban J connectivity index is 2.26. The molecule has 0 spiro atoms. The van der Waals surface area contributed by atoms with Crippen molar-refractivity contribution in [1.29, 1.82) is 0 Å². The van der Waals surface area contributed by atoms with E-state index in [1.807, 2.05) is 9.97 Å². The standard InChI is InChI=1S/C14H13N3O6/c18-8-3-1-7(2-4-8)5-10(13(21)22)15-6-9-11(19)16-14(23)17-12(9)20/h1-4,6,10,18H,5H2,(H,21,22)(H3,16,17,19,20,23)/t10-/m1/s1. The number of hydrogen-bond acceptors (Lipinski definition) is 6. The number of aliphatic imine (C=N–C) groups is 1. The highest BCUT2D eigenvalue weighted by Gasteiger charge is 2.17. The van der Waals surface area contributed by atoms with Crippen molar-refractivity contribution in [1.82, 2.24) is 9.97 Å². The molecule has 120 valence electrons. The predicted molar refractivity (Wildman–Crippen MR) is 80.2 cm³/mol. The fourth-order valence-corrected chi connectivity index (χ4v) is 1.83. The highest BCUT2D eigenvalue weighted by Crippen LogP contribution is 2.13. The Morgan fingerprint density at radius 1 is 1.17 bits per heavy atom. The molecular weight excluding hydrogens is 306 g/mol. The molecule has 0 bridgehead atoms. The second kappa shape index (κ2) is 6.60. The lowest BCUT2D eigenvalue weighted by Crippen LogP contribution is -2.26. The summed E-state index contributed by atoms with van der Waals surface area (Å²) in [5, 5.41) is 27.9. The summed E-state index contributed by atoms with van der Waals surface area (Å²) >= 11 is 0. The highest BCUT2D eigenvalue weighted by atomic mass is 16.4. The van der Waals surface area contributed by atoms with Crippen LogP contribution in [0.4, 0.5) is 0 Å². The van der Waals surface area contributed by atoms with Crippen molar-refractivity contribution in [2.24, 2.45) is 4.99 Å². The minimum absolute atomic E-state index is 0.0220. The first-order valence-corrected chi connectivity index (χ1v) is 6.46. The summed E-state index contributed by atoms with van der Waals surface area (Å²) < 4.78 is 0. The number of nitrogens with zero attached hydrogens (tertiary/aromatic N) is 1. The Morgan fingerprint density at radius 2 is 1.83 bits per heavy atom. The third-order valence-electron chi connectivity index (χ3n) is 2.99. The number of carboxylic acid groups (broad SMARTS) is 1. The zero-order valence-electron chi connectivity index (χ0n) is 11.7. The molecule has 1 atom stereocenters. The smallest absolute Gasteiger partial charge is 0.328 e. The molecule has 0 saturated carbocycles. The Hall–Kier alpha value is -3.36. The van der Waals surface area contributed by atoms with Gasteiger partial charge in [-0.25, -0.2) is 9.59 Å². The second-order valence-electron chi connectivity index (χ2n) is 4.67. The van der Waals surface area contributed by atoms with E-state index in [-0.39, 0.29) is 17.7 Å². The Bertz CT molecular complexity index is 850. The van der Waals surface area contributed by atoms with Crippen molar-refractivity contribution in [3.05, 3.63) is 56.2 Å². The van der Waals surface area contributed by atoms with E-state index in [2.05, 4.69) is 4.99 Å². The van der Waals surface area contributed by atoms with Gasteiger partial charge in [0.1, 0.15) is 11.3 Å². The summed E-state index contributed by atoms with van der Waals surface area (Å²) in [6.07, 6.45) is 0.914. The summed E-state index contributed by atoms with van der Waals surface area (Å²) in [6.45, 7) is 0. The van der Waals surface area contributed by atoms with Crippen LogP contribution in [0.15, 0.2) is 38.8 Å². The minimum Gasteiger partial charge on any atom is -0.508 e. The van der Waals surface area contributed by atoms with Crippen molar-refractivity contribution in [2.75, 3.05) is 0 Å². The molecule has 0 radical (unpaired) electrons. The molecule has 0 saturated heterocycles. The number of phenols is 1. The maximum Gasteiger partial charge on any atom is 0.328 e. The number of aromatic amines is 2. The Labute approximate surface area is 128 Å². The van der Waals surface area contributed by atoms with Crippen LogP contribution in [-0.2, 0) is 11.2 Å². The summed E-state index contributed by atoms with van der Waals surface area (Å²) in [7, 11) is 0. The Kier molecular flexibility index (Phi) is 4.60. The molecule has 0 amide bonds. The van der Waals surface area contributed by atoms with E-state index in [1.165, 1.54) is 12.1 Å². The molecule has 0 fully saturated rings. The van der Waals surface area contributed by atoms with E-state index in [0.29, 0.717) is 5.56 Å². The summed E-state index contributed by atoms with van der Waals surface area (Å²) in [4.78, 5) is 41.4. The molecule has 2 aromatic rings. The first-order chi connectivity index (χ1) is 10.9. The number of rotatable bonds is 5. The van der Waals surface area contributed by atoms with Crippen LogP contribution < -0.4 is 11.2 Å². The van der Waals surface area contributed by atoms with Gasteiger partial charge in [0.2, 0.25) is 5.88 Å². The number of carboxylic acids is 1. The largest absolute Gasteiger partial charge is 0.508 e. The summed E-state index contributed by atoms with van der Waals surface area (Å²) in [6, 6.07) is 4.72. The number of benzene rings is 1. The van der Waals surface area contributed by atoms with Gasteiger partial charge in [0.05, 0.1) is 0 Å². The zero-order chi connectivity index (χ0) is 17.0.